The largest absolute Gasteiger partial charge is 0.369 e. The second-order valence-electron chi connectivity index (χ2n) is 3.76. The molecule has 0 spiro atoms. The van der Waals surface area contributed by atoms with Gasteiger partial charge >= 0.3 is 0 Å². The van der Waals surface area contributed by atoms with Gasteiger partial charge in [0, 0.05) is 7.05 Å². The summed E-state index contributed by atoms with van der Waals surface area (Å²) in [7, 11) is 1.54. The van der Waals surface area contributed by atoms with Crippen molar-refractivity contribution in [2.75, 3.05) is 12.8 Å². The van der Waals surface area contributed by atoms with Crippen LogP contribution in [0.25, 0.3) is 11.0 Å². The number of nitrogens with two attached hydrogens (primary N) is 1. The average molecular weight is 236 g/mol. The molecular formula is C11H13FN4O. The Hall–Kier alpha value is -2.11. The number of hydrogen-bond donors (Lipinski definition) is 2. The SMILES string of the molecule is CNC(=O)C(C)n1c(N)nc2ccc(F)cc21. The van der Waals surface area contributed by atoms with Crippen molar-refractivity contribution in [3.05, 3.63) is 24.0 Å². The van der Waals surface area contributed by atoms with Crippen molar-refractivity contribution >= 4 is 22.9 Å². The number of anilines is 1. The van der Waals surface area contributed by atoms with E-state index >= 15 is 0 Å². The van der Waals surface area contributed by atoms with Crippen LogP contribution in [0.2, 0.25) is 0 Å². The normalized spacial score (nSPS) is 12.6. The number of aromatic nitrogens is 2. The van der Waals surface area contributed by atoms with Gasteiger partial charge in [0.15, 0.2) is 0 Å². The quantitative estimate of drug-likeness (QED) is 0.819. The number of carbonyl (C=O) groups excluding carboxylic acids is 1. The van der Waals surface area contributed by atoms with Crippen LogP contribution in [0, 0.1) is 5.82 Å². The number of hydrogen-bond acceptors (Lipinski definition) is 3. The maximum Gasteiger partial charge on any atom is 0.242 e. The summed E-state index contributed by atoms with van der Waals surface area (Å²) in [5.41, 5.74) is 6.83. The molecule has 5 nitrogen and oxygen atoms in total. The molecule has 2 rings (SSSR count). The van der Waals surface area contributed by atoms with Crippen molar-refractivity contribution < 1.29 is 9.18 Å². The number of likely N-dealkylation sites (N-methyl/N-ethyl adjacent to an activating group) is 1. The molecule has 0 aliphatic heterocycles. The molecule has 6 heteroatoms. The molecule has 0 fully saturated rings. The van der Waals surface area contributed by atoms with Gasteiger partial charge in [0.2, 0.25) is 11.9 Å². The van der Waals surface area contributed by atoms with E-state index in [1.54, 1.807) is 6.92 Å². The molecule has 90 valence electrons. The van der Waals surface area contributed by atoms with Gasteiger partial charge in [0.1, 0.15) is 11.9 Å². The lowest BCUT2D eigenvalue weighted by Crippen LogP contribution is -2.28. The number of amides is 1. The third-order valence-corrected chi connectivity index (χ3v) is 2.69. The highest BCUT2D eigenvalue weighted by atomic mass is 19.1. The van der Waals surface area contributed by atoms with Gasteiger partial charge in [-0.1, -0.05) is 0 Å². The zero-order chi connectivity index (χ0) is 12.6. The number of fused-ring (bicyclic) bond motifs is 1. The number of rotatable bonds is 2. The number of nitrogens with zero attached hydrogens (tertiary/aromatic N) is 2. The van der Waals surface area contributed by atoms with Crippen LogP contribution in [0.4, 0.5) is 10.3 Å². The van der Waals surface area contributed by atoms with Crippen molar-refractivity contribution in [2.45, 2.75) is 13.0 Å². The molecule has 0 saturated carbocycles. The Balaban J connectivity index is 2.63. The first-order chi connectivity index (χ1) is 8.04. The van der Waals surface area contributed by atoms with Crippen LogP contribution in [0.15, 0.2) is 18.2 Å². The molecule has 1 aromatic heterocycles. The molecule has 1 unspecified atom stereocenters. The predicted molar refractivity (Wildman–Crippen MR) is 62.9 cm³/mol. The minimum Gasteiger partial charge on any atom is -0.369 e. The number of nitrogen functional groups attached to an aromatic ring is 1. The summed E-state index contributed by atoms with van der Waals surface area (Å²) in [5, 5.41) is 2.52. The van der Waals surface area contributed by atoms with Crippen LogP contribution in [-0.2, 0) is 4.79 Å². The van der Waals surface area contributed by atoms with Crippen molar-refractivity contribution in [2.24, 2.45) is 0 Å². The van der Waals surface area contributed by atoms with E-state index in [-0.39, 0.29) is 17.7 Å². The molecule has 1 amide bonds. The smallest absolute Gasteiger partial charge is 0.242 e. The highest BCUT2D eigenvalue weighted by molar-refractivity contribution is 5.85. The fourth-order valence-electron chi connectivity index (χ4n) is 1.82. The van der Waals surface area contributed by atoms with Gasteiger partial charge in [0.25, 0.3) is 0 Å². The number of carbonyl (C=O) groups is 1. The zero-order valence-electron chi connectivity index (χ0n) is 9.57. The molecule has 17 heavy (non-hydrogen) atoms. The molecule has 0 saturated heterocycles. The highest BCUT2D eigenvalue weighted by Gasteiger charge is 2.19. The topological polar surface area (TPSA) is 72.9 Å². The van der Waals surface area contributed by atoms with E-state index in [1.165, 1.54) is 29.8 Å². The molecule has 1 aromatic carbocycles. The van der Waals surface area contributed by atoms with Gasteiger partial charge in [-0.05, 0) is 25.1 Å². The van der Waals surface area contributed by atoms with Gasteiger partial charge in [-0.15, -0.1) is 0 Å². The lowest BCUT2D eigenvalue weighted by Gasteiger charge is -2.14. The Morgan fingerprint density at radius 3 is 2.94 bits per heavy atom. The van der Waals surface area contributed by atoms with E-state index in [4.69, 9.17) is 5.73 Å². The number of imidazole rings is 1. The van der Waals surface area contributed by atoms with Crippen LogP contribution in [0.5, 0.6) is 0 Å². The Morgan fingerprint density at radius 1 is 1.59 bits per heavy atom. The highest BCUT2D eigenvalue weighted by Crippen LogP contribution is 2.23. The molecule has 3 N–H and O–H groups in total. The zero-order valence-corrected chi connectivity index (χ0v) is 9.57. The molecule has 2 aromatic rings. The summed E-state index contributed by atoms with van der Waals surface area (Å²) >= 11 is 0. The number of halogens is 1. The fourth-order valence-corrected chi connectivity index (χ4v) is 1.82. The van der Waals surface area contributed by atoms with E-state index in [0.717, 1.165) is 0 Å². The van der Waals surface area contributed by atoms with Crippen LogP contribution in [0.1, 0.15) is 13.0 Å². The van der Waals surface area contributed by atoms with Crippen LogP contribution in [0.3, 0.4) is 0 Å². The van der Waals surface area contributed by atoms with Gasteiger partial charge in [-0.25, -0.2) is 9.37 Å². The average Bonchev–Trinajstić information content (AvgIpc) is 2.62. The van der Waals surface area contributed by atoms with Crippen molar-refractivity contribution in [1.82, 2.24) is 14.9 Å². The Kier molecular flexibility index (Phi) is 2.71. The molecule has 0 radical (unpaired) electrons. The van der Waals surface area contributed by atoms with Gasteiger partial charge in [-0.3, -0.25) is 9.36 Å². The summed E-state index contributed by atoms with van der Waals surface area (Å²) in [6.07, 6.45) is 0. The molecule has 0 aliphatic carbocycles. The monoisotopic (exact) mass is 236 g/mol. The van der Waals surface area contributed by atoms with Crippen molar-refractivity contribution in [1.29, 1.82) is 0 Å². The van der Waals surface area contributed by atoms with Crippen LogP contribution < -0.4 is 11.1 Å². The van der Waals surface area contributed by atoms with E-state index in [0.29, 0.717) is 11.0 Å². The lowest BCUT2D eigenvalue weighted by molar-refractivity contribution is -0.123. The van der Waals surface area contributed by atoms with E-state index in [9.17, 15) is 9.18 Å². The lowest BCUT2D eigenvalue weighted by atomic mass is 10.2. The second kappa shape index (κ2) is 4.04. The van der Waals surface area contributed by atoms with Crippen LogP contribution >= 0.6 is 0 Å². The van der Waals surface area contributed by atoms with Crippen molar-refractivity contribution in [3.8, 4) is 0 Å². The van der Waals surface area contributed by atoms with E-state index < -0.39 is 6.04 Å². The second-order valence-corrected chi connectivity index (χ2v) is 3.76. The Morgan fingerprint density at radius 2 is 2.29 bits per heavy atom. The molecule has 1 heterocycles. The summed E-state index contributed by atoms with van der Waals surface area (Å²) < 4.78 is 14.7. The van der Waals surface area contributed by atoms with Crippen LogP contribution in [-0.4, -0.2) is 22.5 Å². The first-order valence-electron chi connectivity index (χ1n) is 5.19. The first-order valence-corrected chi connectivity index (χ1v) is 5.19. The van der Waals surface area contributed by atoms with E-state index in [1.807, 2.05) is 0 Å². The van der Waals surface area contributed by atoms with Gasteiger partial charge < -0.3 is 11.1 Å². The molecule has 1 atom stereocenters. The minimum atomic E-state index is -0.535. The number of benzene rings is 1. The van der Waals surface area contributed by atoms with Gasteiger partial charge in [0.05, 0.1) is 11.0 Å². The third-order valence-electron chi connectivity index (χ3n) is 2.69. The number of nitrogens with one attached hydrogen (secondary N) is 1. The summed E-state index contributed by atoms with van der Waals surface area (Å²) in [6, 6.07) is 3.63. The summed E-state index contributed by atoms with van der Waals surface area (Å²) in [5.74, 6) is -0.398. The fraction of sp³-hybridized carbons (Fsp3) is 0.273. The van der Waals surface area contributed by atoms with Gasteiger partial charge in [-0.2, -0.15) is 0 Å². The molecular weight excluding hydrogens is 223 g/mol. The Bertz CT molecular complexity index is 578. The van der Waals surface area contributed by atoms with E-state index in [2.05, 4.69) is 10.3 Å². The summed E-state index contributed by atoms with van der Waals surface area (Å²) in [6.45, 7) is 1.68. The Labute approximate surface area is 97.4 Å². The first kappa shape index (κ1) is 11.4. The standard InChI is InChI=1S/C11H13FN4O/c1-6(10(17)14-2)16-9-5-7(12)3-4-8(9)15-11(16)13/h3-6H,1-2H3,(H2,13,15)(H,14,17). The minimum absolute atomic E-state index is 0.196. The molecule has 0 bridgehead atoms. The summed E-state index contributed by atoms with van der Waals surface area (Å²) in [4.78, 5) is 15.7. The molecule has 0 aliphatic rings. The third kappa shape index (κ3) is 1.82. The maximum atomic E-state index is 13.2. The maximum absolute atomic E-state index is 13.2. The predicted octanol–water partition coefficient (Wildman–Crippen LogP) is 1.06. The van der Waals surface area contributed by atoms with Crippen molar-refractivity contribution in [3.63, 3.8) is 0 Å².